The van der Waals surface area contributed by atoms with Crippen LogP contribution in [0.4, 0.5) is 0 Å². The van der Waals surface area contributed by atoms with Gasteiger partial charge in [0.25, 0.3) is 0 Å². The summed E-state index contributed by atoms with van der Waals surface area (Å²) in [5.74, 6) is 1.25. The summed E-state index contributed by atoms with van der Waals surface area (Å²) in [7, 11) is 1.75. The van der Waals surface area contributed by atoms with Gasteiger partial charge in [-0.05, 0) is 32.9 Å². The normalized spacial score (nSPS) is 16.1. The predicted octanol–water partition coefficient (Wildman–Crippen LogP) is 0.819. The number of hydrogen-bond donors (Lipinski definition) is 3. The van der Waals surface area contributed by atoms with Gasteiger partial charge in [-0.1, -0.05) is 0 Å². The maximum Gasteiger partial charge on any atom is 0.223 e. The first-order chi connectivity index (χ1) is 8.98. The number of carbonyl (C=O) groups is 1. The smallest absolute Gasteiger partial charge is 0.223 e. The molecule has 1 rings (SSSR count). The van der Waals surface area contributed by atoms with Gasteiger partial charge in [-0.3, -0.25) is 9.79 Å². The number of carbonyl (C=O) groups excluding carboxylic acids is 1. The van der Waals surface area contributed by atoms with E-state index < -0.39 is 0 Å². The molecule has 0 radical (unpaired) electrons. The molecule has 1 amide bonds. The monoisotopic (exact) mass is 286 g/mol. The largest absolute Gasteiger partial charge is 0.355 e. The Bertz CT molecular complexity index is 327. The maximum absolute atomic E-state index is 11.4. The van der Waals surface area contributed by atoms with Gasteiger partial charge >= 0.3 is 0 Å². The Morgan fingerprint density at radius 3 is 2.42 bits per heavy atom. The fourth-order valence-electron chi connectivity index (χ4n) is 1.45. The first-order valence-corrected chi connectivity index (χ1v) is 7.98. The fourth-order valence-corrected chi connectivity index (χ4v) is 1.66. The molecule has 0 aromatic heterocycles. The van der Waals surface area contributed by atoms with Crippen molar-refractivity contribution in [1.82, 2.24) is 16.0 Å². The highest BCUT2D eigenvalue weighted by molar-refractivity contribution is 7.99. The van der Waals surface area contributed by atoms with Crippen molar-refractivity contribution in [2.75, 3.05) is 32.9 Å². The number of nitrogens with one attached hydrogen (secondary N) is 3. The summed E-state index contributed by atoms with van der Waals surface area (Å²) in [4.78, 5) is 15.6. The second-order valence-corrected chi connectivity index (χ2v) is 6.90. The summed E-state index contributed by atoms with van der Waals surface area (Å²) in [6.07, 6.45) is 4.20. The van der Waals surface area contributed by atoms with Crippen LogP contribution >= 0.6 is 11.8 Å². The highest BCUT2D eigenvalue weighted by atomic mass is 32.2. The van der Waals surface area contributed by atoms with Crippen LogP contribution in [0, 0.1) is 5.92 Å². The summed E-state index contributed by atoms with van der Waals surface area (Å²) in [6, 6.07) is 0. The molecule has 19 heavy (non-hydrogen) atoms. The van der Waals surface area contributed by atoms with Crippen molar-refractivity contribution in [2.45, 2.75) is 31.4 Å². The molecule has 0 unspecified atom stereocenters. The van der Waals surface area contributed by atoms with Gasteiger partial charge in [-0.2, -0.15) is 11.8 Å². The summed E-state index contributed by atoms with van der Waals surface area (Å²) in [5, 5.41) is 9.40. The molecule has 0 spiro atoms. The zero-order chi connectivity index (χ0) is 14.3. The number of thioether (sulfide) groups is 1. The Morgan fingerprint density at radius 2 is 1.89 bits per heavy atom. The second kappa shape index (κ2) is 7.62. The van der Waals surface area contributed by atoms with Crippen LogP contribution in [0.1, 0.15) is 26.7 Å². The first-order valence-electron chi connectivity index (χ1n) is 6.76. The number of rotatable bonds is 7. The Balaban J connectivity index is 2.12. The lowest BCUT2D eigenvalue weighted by Gasteiger charge is -2.23. The van der Waals surface area contributed by atoms with Gasteiger partial charge in [-0.25, -0.2) is 0 Å². The molecule has 5 nitrogen and oxygen atoms in total. The molecule has 110 valence electrons. The number of guanidine groups is 1. The van der Waals surface area contributed by atoms with Gasteiger partial charge in [0.1, 0.15) is 0 Å². The van der Waals surface area contributed by atoms with E-state index in [0.717, 1.165) is 25.3 Å². The van der Waals surface area contributed by atoms with Crippen molar-refractivity contribution in [2.24, 2.45) is 10.9 Å². The lowest BCUT2D eigenvalue weighted by atomic mass is 10.2. The van der Waals surface area contributed by atoms with Gasteiger partial charge in [0.2, 0.25) is 5.91 Å². The van der Waals surface area contributed by atoms with Crippen LogP contribution < -0.4 is 16.0 Å². The van der Waals surface area contributed by atoms with Crippen molar-refractivity contribution in [3.05, 3.63) is 0 Å². The van der Waals surface area contributed by atoms with E-state index in [9.17, 15) is 4.79 Å². The molecule has 0 aliphatic heterocycles. The minimum absolute atomic E-state index is 0.178. The van der Waals surface area contributed by atoms with E-state index >= 15 is 0 Å². The Morgan fingerprint density at radius 1 is 1.26 bits per heavy atom. The molecule has 1 saturated carbocycles. The lowest BCUT2D eigenvalue weighted by molar-refractivity contribution is -0.122. The van der Waals surface area contributed by atoms with Crippen molar-refractivity contribution >= 4 is 23.6 Å². The van der Waals surface area contributed by atoms with Crippen LogP contribution in [-0.4, -0.2) is 49.6 Å². The molecule has 0 atom stereocenters. The topological polar surface area (TPSA) is 65.5 Å². The Hall–Kier alpha value is -0.910. The van der Waals surface area contributed by atoms with E-state index in [-0.39, 0.29) is 16.6 Å². The van der Waals surface area contributed by atoms with Crippen LogP contribution in [-0.2, 0) is 4.79 Å². The average molecular weight is 286 g/mol. The Kier molecular flexibility index (Phi) is 6.48. The molecule has 1 aliphatic rings. The molecule has 0 bridgehead atoms. The second-order valence-electron chi connectivity index (χ2n) is 5.38. The molecule has 0 saturated heterocycles. The van der Waals surface area contributed by atoms with Crippen LogP contribution in [0.3, 0.4) is 0 Å². The van der Waals surface area contributed by atoms with Crippen molar-refractivity contribution in [1.29, 1.82) is 0 Å². The van der Waals surface area contributed by atoms with Crippen LogP contribution in [0.5, 0.6) is 0 Å². The molecule has 1 fully saturated rings. The third kappa shape index (κ3) is 6.71. The van der Waals surface area contributed by atoms with Crippen LogP contribution in [0.2, 0.25) is 0 Å². The Labute approximate surface area is 120 Å². The van der Waals surface area contributed by atoms with E-state index in [0.29, 0.717) is 13.1 Å². The van der Waals surface area contributed by atoms with Crippen molar-refractivity contribution in [3.63, 3.8) is 0 Å². The third-order valence-corrected chi connectivity index (χ3v) is 4.37. The van der Waals surface area contributed by atoms with E-state index in [1.54, 1.807) is 7.05 Å². The van der Waals surface area contributed by atoms with Crippen molar-refractivity contribution < 1.29 is 4.79 Å². The van der Waals surface area contributed by atoms with E-state index in [1.165, 1.54) is 0 Å². The number of hydrogen-bond acceptors (Lipinski definition) is 3. The number of nitrogens with zero attached hydrogens (tertiary/aromatic N) is 1. The zero-order valence-corrected chi connectivity index (χ0v) is 13.2. The summed E-state index contributed by atoms with van der Waals surface area (Å²) in [6.45, 7) is 6.56. The maximum atomic E-state index is 11.4. The SMILES string of the molecule is CN=C(NCCNC(=O)C1CC1)NCC(C)(C)SC. The van der Waals surface area contributed by atoms with Crippen LogP contribution in [0.25, 0.3) is 0 Å². The highest BCUT2D eigenvalue weighted by Crippen LogP contribution is 2.28. The summed E-state index contributed by atoms with van der Waals surface area (Å²) < 4.78 is 0.178. The third-order valence-electron chi connectivity index (χ3n) is 3.12. The molecule has 0 aromatic carbocycles. The lowest BCUT2D eigenvalue weighted by Crippen LogP contribution is -2.45. The van der Waals surface area contributed by atoms with E-state index in [2.05, 4.69) is 41.0 Å². The molecular weight excluding hydrogens is 260 g/mol. The molecule has 1 aliphatic carbocycles. The molecule has 0 heterocycles. The summed E-state index contributed by atoms with van der Waals surface area (Å²) >= 11 is 1.82. The molecule has 0 aromatic rings. The van der Waals surface area contributed by atoms with E-state index in [1.807, 2.05) is 11.8 Å². The zero-order valence-electron chi connectivity index (χ0n) is 12.4. The standard InChI is InChI=1S/C13H26N4OS/c1-13(2,19-4)9-17-12(14-3)16-8-7-15-11(18)10-5-6-10/h10H,5-9H2,1-4H3,(H,15,18)(H2,14,16,17). The molecule has 6 heteroatoms. The van der Waals surface area contributed by atoms with E-state index in [4.69, 9.17) is 0 Å². The van der Waals surface area contributed by atoms with Gasteiger partial charge < -0.3 is 16.0 Å². The average Bonchev–Trinajstić information content (AvgIpc) is 3.22. The molecule has 3 N–H and O–H groups in total. The predicted molar refractivity (Wildman–Crippen MR) is 82.7 cm³/mol. The minimum Gasteiger partial charge on any atom is -0.355 e. The number of amides is 1. The highest BCUT2D eigenvalue weighted by Gasteiger charge is 2.28. The van der Waals surface area contributed by atoms with Gasteiger partial charge in [0.05, 0.1) is 0 Å². The van der Waals surface area contributed by atoms with Gasteiger partial charge in [0.15, 0.2) is 5.96 Å². The summed E-state index contributed by atoms with van der Waals surface area (Å²) in [5.41, 5.74) is 0. The van der Waals surface area contributed by atoms with Crippen LogP contribution in [0.15, 0.2) is 4.99 Å². The van der Waals surface area contributed by atoms with Crippen molar-refractivity contribution in [3.8, 4) is 0 Å². The van der Waals surface area contributed by atoms with Gasteiger partial charge in [0, 0.05) is 37.3 Å². The molecular formula is C13H26N4OS. The fraction of sp³-hybridized carbons (Fsp3) is 0.846. The van der Waals surface area contributed by atoms with Gasteiger partial charge in [-0.15, -0.1) is 0 Å². The first kappa shape index (κ1) is 16.1. The minimum atomic E-state index is 0.178. The number of aliphatic imine (C=N–C) groups is 1. The quantitative estimate of drug-likeness (QED) is 0.368.